The van der Waals surface area contributed by atoms with Crippen LogP contribution in [0.15, 0.2) is 65.4 Å². The van der Waals surface area contributed by atoms with E-state index in [0.717, 1.165) is 26.9 Å². The van der Waals surface area contributed by atoms with Crippen molar-refractivity contribution in [3.8, 4) is 0 Å². The average molecular weight is 467 g/mol. The maximum Gasteiger partial charge on any atom is 0.227 e. The quantitative estimate of drug-likeness (QED) is 0.602. The Hall–Kier alpha value is -2.93. The van der Waals surface area contributed by atoms with Crippen LogP contribution in [0, 0.1) is 12.8 Å². The van der Waals surface area contributed by atoms with Crippen molar-refractivity contribution in [1.29, 1.82) is 0 Å². The van der Waals surface area contributed by atoms with E-state index in [-0.39, 0.29) is 24.2 Å². The van der Waals surface area contributed by atoms with Crippen LogP contribution in [0.25, 0.3) is 0 Å². The third kappa shape index (κ3) is 4.62. The number of benzene rings is 2. The number of anilines is 1. The van der Waals surface area contributed by atoms with Crippen molar-refractivity contribution in [2.75, 3.05) is 11.4 Å². The molecule has 1 N–H and O–H groups in total. The van der Waals surface area contributed by atoms with E-state index in [1.165, 1.54) is 0 Å². The van der Waals surface area contributed by atoms with Crippen molar-refractivity contribution in [3.05, 3.63) is 82.1 Å². The Labute approximate surface area is 184 Å². The molecule has 154 valence electrons. The number of nitrogens with one attached hydrogen (secondary N) is 1. The van der Waals surface area contributed by atoms with Gasteiger partial charge in [-0.1, -0.05) is 40.2 Å². The van der Waals surface area contributed by atoms with Crippen LogP contribution in [0.1, 0.15) is 23.1 Å². The number of halogens is 1. The minimum Gasteiger partial charge on any atom is -0.352 e. The van der Waals surface area contributed by atoms with Crippen molar-refractivity contribution < 1.29 is 9.59 Å². The standard InChI is InChI=1S/C23H23BrN4O2/c1-16-10-20(6-7-21(16)24)28-15-19(12-22(28)29)23(30)25-13-17-4-2-5-18(11-17)14-27-9-3-8-26-27/h2-11,19H,12-15H2,1H3,(H,25,30). The van der Waals surface area contributed by atoms with E-state index in [4.69, 9.17) is 0 Å². The van der Waals surface area contributed by atoms with Gasteiger partial charge in [0.25, 0.3) is 0 Å². The number of hydrogen-bond acceptors (Lipinski definition) is 3. The molecule has 30 heavy (non-hydrogen) atoms. The molecular formula is C23H23BrN4O2. The Balaban J connectivity index is 1.35. The monoisotopic (exact) mass is 466 g/mol. The summed E-state index contributed by atoms with van der Waals surface area (Å²) in [5.74, 6) is -0.441. The van der Waals surface area contributed by atoms with Crippen LogP contribution in [0.5, 0.6) is 0 Å². The Morgan fingerprint density at radius 3 is 2.80 bits per heavy atom. The van der Waals surface area contributed by atoms with Crippen LogP contribution < -0.4 is 10.2 Å². The van der Waals surface area contributed by atoms with E-state index in [9.17, 15) is 9.59 Å². The summed E-state index contributed by atoms with van der Waals surface area (Å²) < 4.78 is 2.86. The summed E-state index contributed by atoms with van der Waals surface area (Å²) in [7, 11) is 0. The molecule has 1 saturated heterocycles. The predicted octanol–water partition coefficient (Wildman–Crippen LogP) is 3.67. The van der Waals surface area contributed by atoms with Gasteiger partial charge in [-0.15, -0.1) is 0 Å². The molecule has 1 unspecified atom stereocenters. The van der Waals surface area contributed by atoms with Crippen molar-refractivity contribution >= 4 is 33.4 Å². The number of aryl methyl sites for hydroxylation is 1. The molecule has 1 aromatic heterocycles. The van der Waals surface area contributed by atoms with Crippen molar-refractivity contribution in [2.45, 2.75) is 26.4 Å². The second-order valence-corrected chi connectivity index (χ2v) is 8.43. The molecule has 0 bridgehead atoms. The van der Waals surface area contributed by atoms with Gasteiger partial charge in [-0.25, -0.2) is 0 Å². The lowest BCUT2D eigenvalue weighted by Crippen LogP contribution is -2.32. The first kappa shape index (κ1) is 20.3. The van der Waals surface area contributed by atoms with Crippen molar-refractivity contribution in [2.24, 2.45) is 5.92 Å². The minimum absolute atomic E-state index is 0.0157. The first-order valence-corrected chi connectivity index (χ1v) is 10.7. The molecule has 7 heteroatoms. The molecule has 6 nitrogen and oxygen atoms in total. The predicted molar refractivity (Wildman–Crippen MR) is 119 cm³/mol. The fraction of sp³-hybridized carbons (Fsp3) is 0.261. The van der Waals surface area contributed by atoms with E-state index in [2.05, 4.69) is 32.4 Å². The zero-order valence-corrected chi connectivity index (χ0v) is 18.3. The molecule has 0 radical (unpaired) electrons. The number of amides is 2. The Bertz CT molecular complexity index is 1060. The van der Waals surface area contributed by atoms with Crippen LogP contribution in [0.2, 0.25) is 0 Å². The summed E-state index contributed by atoms with van der Waals surface area (Å²) in [4.78, 5) is 26.9. The molecule has 1 atom stereocenters. The molecule has 2 aromatic carbocycles. The SMILES string of the molecule is Cc1cc(N2CC(C(=O)NCc3cccc(Cn4cccn4)c3)CC2=O)ccc1Br. The van der Waals surface area contributed by atoms with Crippen LogP contribution in [-0.4, -0.2) is 28.1 Å². The lowest BCUT2D eigenvalue weighted by atomic mass is 10.1. The first-order valence-electron chi connectivity index (χ1n) is 9.89. The number of carbonyl (C=O) groups is 2. The molecule has 2 amide bonds. The summed E-state index contributed by atoms with van der Waals surface area (Å²) in [6.07, 6.45) is 3.91. The topological polar surface area (TPSA) is 67.2 Å². The fourth-order valence-electron chi connectivity index (χ4n) is 3.68. The van der Waals surface area contributed by atoms with Gasteiger partial charge in [0.1, 0.15) is 0 Å². The number of nitrogens with zero attached hydrogens (tertiary/aromatic N) is 3. The smallest absolute Gasteiger partial charge is 0.227 e. The molecule has 2 heterocycles. The number of aromatic nitrogens is 2. The minimum atomic E-state index is -0.339. The van der Waals surface area contributed by atoms with E-state index < -0.39 is 0 Å². The highest BCUT2D eigenvalue weighted by Gasteiger charge is 2.35. The zero-order valence-electron chi connectivity index (χ0n) is 16.7. The highest BCUT2D eigenvalue weighted by molar-refractivity contribution is 9.10. The van der Waals surface area contributed by atoms with Gasteiger partial charge >= 0.3 is 0 Å². The molecule has 1 fully saturated rings. The lowest BCUT2D eigenvalue weighted by Gasteiger charge is -2.18. The largest absolute Gasteiger partial charge is 0.352 e. The van der Waals surface area contributed by atoms with Gasteiger partial charge < -0.3 is 10.2 Å². The second-order valence-electron chi connectivity index (χ2n) is 7.58. The summed E-state index contributed by atoms with van der Waals surface area (Å²) in [6, 6.07) is 15.8. The third-order valence-corrected chi connectivity index (χ3v) is 6.20. The summed E-state index contributed by atoms with van der Waals surface area (Å²) in [6.45, 7) is 3.52. The fourth-order valence-corrected chi connectivity index (χ4v) is 3.93. The maximum absolute atomic E-state index is 12.7. The molecule has 0 spiro atoms. The summed E-state index contributed by atoms with van der Waals surface area (Å²) in [5, 5.41) is 7.22. The van der Waals surface area contributed by atoms with Gasteiger partial charge in [-0.2, -0.15) is 5.10 Å². The Morgan fingerprint density at radius 2 is 2.03 bits per heavy atom. The molecule has 3 aromatic rings. The van der Waals surface area contributed by atoms with Gasteiger partial charge in [-0.05, 0) is 47.9 Å². The van der Waals surface area contributed by atoms with Gasteiger partial charge in [-0.3, -0.25) is 14.3 Å². The van der Waals surface area contributed by atoms with Gasteiger partial charge in [0.15, 0.2) is 0 Å². The third-order valence-electron chi connectivity index (χ3n) is 5.31. The van der Waals surface area contributed by atoms with E-state index in [0.29, 0.717) is 19.6 Å². The van der Waals surface area contributed by atoms with Crippen molar-refractivity contribution in [1.82, 2.24) is 15.1 Å². The van der Waals surface area contributed by atoms with Gasteiger partial charge in [0, 0.05) is 42.1 Å². The van der Waals surface area contributed by atoms with E-state index >= 15 is 0 Å². The second kappa shape index (κ2) is 8.83. The maximum atomic E-state index is 12.7. The van der Waals surface area contributed by atoms with E-state index in [1.807, 2.05) is 60.3 Å². The Morgan fingerprint density at radius 1 is 1.20 bits per heavy atom. The van der Waals surface area contributed by atoms with E-state index in [1.54, 1.807) is 11.1 Å². The van der Waals surface area contributed by atoms with Crippen LogP contribution in [0.4, 0.5) is 5.69 Å². The number of hydrogen-bond donors (Lipinski definition) is 1. The number of rotatable bonds is 6. The molecule has 1 aliphatic rings. The van der Waals surface area contributed by atoms with Crippen molar-refractivity contribution in [3.63, 3.8) is 0 Å². The molecule has 0 aliphatic carbocycles. The molecule has 0 saturated carbocycles. The highest BCUT2D eigenvalue weighted by Crippen LogP contribution is 2.28. The molecule has 4 rings (SSSR count). The average Bonchev–Trinajstić information content (AvgIpc) is 3.38. The van der Waals surface area contributed by atoms with Crippen LogP contribution in [-0.2, 0) is 22.7 Å². The first-order chi connectivity index (χ1) is 14.5. The lowest BCUT2D eigenvalue weighted by molar-refractivity contribution is -0.126. The molecule has 1 aliphatic heterocycles. The molecular weight excluding hydrogens is 444 g/mol. The summed E-state index contributed by atoms with van der Waals surface area (Å²) >= 11 is 3.48. The number of carbonyl (C=O) groups excluding carboxylic acids is 2. The zero-order chi connectivity index (χ0) is 21.1. The normalized spacial score (nSPS) is 16.1. The van der Waals surface area contributed by atoms with Crippen LogP contribution in [0.3, 0.4) is 0 Å². The highest BCUT2D eigenvalue weighted by atomic mass is 79.9. The van der Waals surface area contributed by atoms with Crippen LogP contribution >= 0.6 is 15.9 Å². The Kier molecular flexibility index (Phi) is 5.99. The van der Waals surface area contributed by atoms with Gasteiger partial charge in [0.2, 0.25) is 11.8 Å². The summed E-state index contributed by atoms with van der Waals surface area (Å²) in [5.41, 5.74) is 4.04. The van der Waals surface area contributed by atoms with Gasteiger partial charge in [0.05, 0.1) is 12.5 Å².